The van der Waals surface area contributed by atoms with Gasteiger partial charge in [0.15, 0.2) is 0 Å². The molecule has 1 heterocycles. The third-order valence-corrected chi connectivity index (χ3v) is 4.94. The van der Waals surface area contributed by atoms with Gasteiger partial charge < -0.3 is 10.6 Å². The largest absolute Gasteiger partial charge is 0.399 e. The Labute approximate surface area is 110 Å². The minimum absolute atomic E-state index is 0.469. The highest BCUT2D eigenvalue weighted by Gasteiger charge is 2.38. The van der Waals surface area contributed by atoms with E-state index in [0.717, 1.165) is 5.69 Å². The van der Waals surface area contributed by atoms with Crippen LogP contribution in [0.1, 0.15) is 44.1 Å². The van der Waals surface area contributed by atoms with Gasteiger partial charge >= 0.3 is 0 Å². The number of nitrogens with zero attached hydrogens (tertiary/aromatic N) is 1. The van der Waals surface area contributed by atoms with E-state index in [1.165, 1.54) is 63.7 Å². The molecule has 0 bridgehead atoms. The molecular formula is C16H24N2. The Kier molecular flexibility index (Phi) is 3.29. The summed E-state index contributed by atoms with van der Waals surface area (Å²) >= 11 is 0. The van der Waals surface area contributed by atoms with E-state index in [1.54, 1.807) is 0 Å². The molecule has 2 heteroatoms. The van der Waals surface area contributed by atoms with E-state index in [9.17, 15) is 0 Å². The number of anilines is 1. The van der Waals surface area contributed by atoms with Gasteiger partial charge in [0.05, 0.1) is 0 Å². The topological polar surface area (TPSA) is 29.3 Å². The summed E-state index contributed by atoms with van der Waals surface area (Å²) in [5.74, 6) is 0. The van der Waals surface area contributed by atoms with Crippen molar-refractivity contribution < 1.29 is 0 Å². The van der Waals surface area contributed by atoms with Gasteiger partial charge in [-0.15, -0.1) is 0 Å². The molecule has 1 aromatic rings. The Balaban J connectivity index is 1.67. The number of likely N-dealkylation sites (tertiary alicyclic amines) is 1. The number of nitrogen functional groups attached to an aromatic ring is 1. The van der Waals surface area contributed by atoms with E-state index in [0.29, 0.717) is 5.41 Å². The fourth-order valence-electron chi connectivity index (χ4n) is 3.50. The van der Waals surface area contributed by atoms with Crippen LogP contribution in [0.3, 0.4) is 0 Å². The molecule has 18 heavy (non-hydrogen) atoms. The zero-order valence-corrected chi connectivity index (χ0v) is 11.2. The van der Waals surface area contributed by atoms with Gasteiger partial charge in [-0.25, -0.2) is 0 Å². The van der Waals surface area contributed by atoms with Gasteiger partial charge in [-0.1, -0.05) is 18.6 Å². The van der Waals surface area contributed by atoms with E-state index in [1.807, 2.05) is 0 Å². The first-order chi connectivity index (χ1) is 8.78. The molecule has 0 unspecified atom stereocenters. The van der Waals surface area contributed by atoms with Gasteiger partial charge in [0.25, 0.3) is 0 Å². The maximum atomic E-state index is 5.79. The highest BCUT2D eigenvalue weighted by molar-refractivity contribution is 5.42. The van der Waals surface area contributed by atoms with Crippen LogP contribution in [0, 0.1) is 0 Å². The predicted molar refractivity (Wildman–Crippen MR) is 76.7 cm³/mol. The average Bonchev–Trinajstić information content (AvgIpc) is 2.83. The summed E-state index contributed by atoms with van der Waals surface area (Å²) in [6, 6.07) is 8.62. The molecule has 0 aromatic heterocycles. The summed E-state index contributed by atoms with van der Waals surface area (Å²) in [6.07, 6.45) is 8.25. The molecule has 2 aliphatic rings. The van der Waals surface area contributed by atoms with Crippen LogP contribution in [0.2, 0.25) is 0 Å². The predicted octanol–water partition coefficient (Wildman–Crippen LogP) is 3.18. The molecule has 1 aromatic carbocycles. The first-order valence-electron chi connectivity index (χ1n) is 7.37. The van der Waals surface area contributed by atoms with Crippen molar-refractivity contribution in [2.75, 3.05) is 25.4 Å². The van der Waals surface area contributed by atoms with Gasteiger partial charge in [-0.3, -0.25) is 0 Å². The first kappa shape index (κ1) is 12.0. The van der Waals surface area contributed by atoms with E-state index in [2.05, 4.69) is 29.2 Å². The van der Waals surface area contributed by atoms with E-state index < -0.39 is 0 Å². The van der Waals surface area contributed by atoms with Gasteiger partial charge in [0.2, 0.25) is 0 Å². The van der Waals surface area contributed by atoms with Gasteiger partial charge in [0, 0.05) is 5.69 Å². The second-order valence-electron chi connectivity index (χ2n) is 6.05. The Bertz CT molecular complexity index is 386. The van der Waals surface area contributed by atoms with E-state index in [4.69, 9.17) is 5.73 Å². The summed E-state index contributed by atoms with van der Waals surface area (Å²) in [4.78, 5) is 2.64. The lowest BCUT2D eigenvalue weighted by molar-refractivity contribution is 0.190. The summed E-state index contributed by atoms with van der Waals surface area (Å²) in [6.45, 7) is 3.92. The normalized spacial score (nSPS) is 22.9. The first-order valence-corrected chi connectivity index (χ1v) is 7.37. The van der Waals surface area contributed by atoms with Crippen LogP contribution in [-0.2, 0) is 5.41 Å². The van der Waals surface area contributed by atoms with Crippen LogP contribution in [0.5, 0.6) is 0 Å². The zero-order chi connectivity index (χ0) is 12.4. The highest BCUT2D eigenvalue weighted by Crippen LogP contribution is 2.46. The van der Waals surface area contributed by atoms with E-state index in [-0.39, 0.29) is 0 Å². The third-order valence-electron chi connectivity index (χ3n) is 4.94. The summed E-state index contributed by atoms with van der Waals surface area (Å²) < 4.78 is 0. The van der Waals surface area contributed by atoms with Crippen molar-refractivity contribution in [1.82, 2.24) is 4.90 Å². The standard InChI is InChI=1S/C16H24N2/c17-15-6-4-14(5-7-15)16(8-3-9-16)10-13-18-11-1-2-12-18/h4-7H,1-3,8-13,17H2. The van der Waals surface area contributed by atoms with Crippen LogP contribution in [0.25, 0.3) is 0 Å². The van der Waals surface area contributed by atoms with Crippen LogP contribution in [0.4, 0.5) is 5.69 Å². The van der Waals surface area contributed by atoms with Gasteiger partial charge in [-0.2, -0.15) is 0 Å². The lowest BCUT2D eigenvalue weighted by Crippen LogP contribution is -2.38. The highest BCUT2D eigenvalue weighted by atomic mass is 15.1. The number of nitrogens with two attached hydrogens (primary N) is 1. The monoisotopic (exact) mass is 244 g/mol. The maximum absolute atomic E-state index is 5.79. The minimum Gasteiger partial charge on any atom is -0.399 e. The molecule has 0 amide bonds. The molecule has 2 nitrogen and oxygen atoms in total. The van der Waals surface area contributed by atoms with E-state index >= 15 is 0 Å². The van der Waals surface area contributed by atoms with Crippen molar-refractivity contribution in [3.05, 3.63) is 29.8 Å². The van der Waals surface area contributed by atoms with Crippen LogP contribution < -0.4 is 5.73 Å². The minimum atomic E-state index is 0.469. The number of hydrogen-bond donors (Lipinski definition) is 1. The SMILES string of the molecule is Nc1ccc(C2(CCN3CCCC3)CCC2)cc1. The molecule has 98 valence electrons. The van der Waals surface area contributed by atoms with Crippen molar-refractivity contribution >= 4 is 5.69 Å². The molecular weight excluding hydrogens is 220 g/mol. The van der Waals surface area contributed by atoms with Crippen molar-refractivity contribution in [2.24, 2.45) is 0 Å². The smallest absolute Gasteiger partial charge is 0.0314 e. The van der Waals surface area contributed by atoms with Crippen molar-refractivity contribution in [1.29, 1.82) is 0 Å². The third kappa shape index (κ3) is 2.26. The Morgan fingerprint density at radius 1 is 1.00 bits per heavy atom. The van der Waals surface area contributed by atoms with Gasteiger partial charge in [0.1, 0.15) is 0 Å². The van der Waals surface area contributed by atoms with Crippen molar-refractivity contribution in [3.63, 3.8) is 0 Å². The Hall–Kier alpha value is -1.02. The summed E-state index contributed by atoms with van der Waals surface area (Å²) in [7, 11) is 0. The molecule has 1 saturated heterocycles. The zero-order valence-electron chi connectivity index (χ0n) is 11.2. The molecule has 0 spiro atoms. The molecule has 1 saturated carbocycles. The average molecular weight is 244 g/mol. The lowest BCUT2D eigenvalue weighted by Gasteiger charge is -2.43. The second kappa shape index (κ2) is 4.93. The molecule has 3 rings (SSSR count). The summed E-state index contributed by atoms with van der Waals surface area (Å²) in [5.41, 5.74) is 8.66. The number of hydrogen-bond acceptors (Lipinski definition) is 2. The lowest BCUT2D eigenvalue weighted by atomic mass is 9.62. The Morgan fingerprint density at radius 3 is 2.22 bits per heavy atom. The number of benzene rings is 1. The molecule has 1 aliphatic carbocycles. The molecule has 1 aliphatic heterocycles. The van der Waals surface area contributed by atoms with Crippen LogP contribution in [-0.4, -0.2) is 24.5 Å². The fourth-order valence-corrected chi connectivity index (χ4v) is 3.50. The second-order valence-corrected chi connectivity index (χ2v) is 6.05. The van der Waals surface area contributed by atoms with Crippen LogP contribution >= 0.6 is 0 Å². The van der Waals surface area contributed by atoms with Gasteiger partial charge in [-0.05, 0) is 74.8 Å². The van der Waals surface area contributed by atoms with Crippen LogP contribution in [0.15, 0.2) is 24.3 Å². The molecule has 0 atom stereocenters. The van der Waals surface area contributed by atoms with Crippen molar-refractivity contribution in [2.45, 2.75) is 43.9 Å². The number of rotatable bonds is 4. The van der Waals surface area contributed by atoms with Crippen molar-refractivity contribution in [3.8, 4) is 0 Å². The quantitative estimate of drug-likeness (QED) is 0.824. The molecule has 0 radical (unpaired) electrons. The maximum Gasteiger partial charge on any atom is 0.0314 e. The Morgan fingerprint density at radius 2 is 1.67 bits per heavy atom. The summed E-state index contributed by atoms with van der Waals surface area (Å²) in [5, 5.41) is 0. The molecule has 2 fully saturated rings. The molecule has 2 N–H and O–H groups in total. The fraction of sp³-hybridized carbons (Fsp3) is 0.625.